The van der Waals surface area contributed by atoms with Crippen LogP contribution in [0.15, 0.2) is 12.1 Å². The molecular formula is C13H14F3NO5. The fraction of sp³-hybridized carbons (Fsp3) is 0.462. The normalized spacial score (nSPS) is 28.4. The molecule has 1 fully saturated rings. The van der Waals surface area contributed by atoms with Crippen molar-refractivity contribution in [3.63, 3.8) is 0 Å². The van der Waals surface area contributed by atoms with Crippen LogP contribution in [-0.4, -0.2) is 46.3 Å². The van der Waals surface area contributed by atoms with E-state index in [4.69, 9.17) is 14.9 Å². The van der Waals surface area contributed by atoms with Gasteiger partial charge in [0.05, 0.1) is 19.3 Å². The number of hydrogen-bond donors (Lipinski definition) is 4. The summed E-state index contributed by atoms with van der Waals surface area (Å²) in [5.74, 6) is -4.57. The summed E-state index contributed by atoms with van der Waals surface area (Å²) in [5.41, 5.74) is -2.09. The molecule has 1 heterocycles. The Kier molecular flexibility index (Phi) is 4.59. The van der Waals surface area contributed by atoms with Crippen molar-refractivity contribution in [3.05, 3.63) is 35.1 Å². The molecule has 0 aliphatic carbocycles. The number of carbonyl (C=O) groups is 1. The molecule has 1 aliphatic rings. The zero-order valence-electron chi connectivity index (χ0n) is 11.2. The van der Waals surface area contributed by atoms with Crippen LogP contribution in [-0.2, 0) is 4.74 Å². The molecule has 0 bridgehead atoms. The highest BCUT2D eigenvalue weighted by atomic mass is 19.2. The average Bonchev–Trinajstić information content (AvgIpc) is 2.46. The van der Waals surface area contributed by atoms with Gasteiger partial charge in [-0.25, -0.2) is 18.0 Å². The van der Waals surface area contributed by atoms with E-state index in [0.717, 1.165) is 6.07 Å². The number of halogens is 3. The maximum atomic E-state index is 13.9. The topological polar surface area (TPSA) is 99.0 Å². The van der Waals surface area contributed by atoms with Gasteiger partial charge in [-0.3, -0.25) is 0 Å². The lowest BCUT2D eigenvalue weighted by molar-refractivity contribution is -0.152. The van der Waals surface area contributed by atoms with Gasteiger partial charge >= 0.3 is 6.09 Å². The first kappa shape index (κ1) is 16.5. The minimum Gasteiger partial charge on any atom is -0.465 e. The predicted octanol–water partition coefficient (Wildman–Crippen LogP) is 0.925. The van der Waals surface area contributed by atoms with Crippen molar-refractivity contribution in [3.8, 4) is 0 Å². The van der Waals surface area contributed by atoms with Gasteiger partial charge in [-0.2, -0.15) is 0 Å². The molecule has 0 aromatic heterocycles. The molecule has 2 rings (SSSR count). The van der Waals surface area contributed by atoms with E-state index in [2.05, 4.69) is 0 Å². The summed E-state index contributed by atoms with van der Waals surface area (Å²) in [6, 6.07) is 0.489. The van der Waals surface area contributed by atoms with Crippen LogP contribution in [0, 0.1) is 17.5 Å². The fourth-order valence-electron chi connectivity index (χ4n) is 2.40. The Hall–Kier alpha value is -1.84. The van der Waals surface area contributed by atoms with Gasteiger partial charge in [0.15, 0.2) is 17.5 Å². The van der Waals surface area contributed by atoms with Crippen molar-refractivity contribution in [2.75, 3.05) is 13.2 Å². The Balaban J connectivity index is 2.36. The number of benzene rings is 1. The molecule has 1 unspecified atom stereocenters. The monoisotopic (exact) mass is 321 g/mol. The summed E-state index contributed by atoms with van der Waals surface area (Å²) in [4.78, 5) is 10.8. The lowest BCUT2D eigenvalue weighted by Gasteiger charge is -2.40. The van der Waals surface area contributed by atoms with E-state index >= 15 is 0 Å². The van der Waals surface area contributed by atoms with Gasteiger partial charge in [0.25, 0.3) is 0 Å². The molecule has 3 atom stereocenters. The number of aliphatic hydroxyl groups is 2. The molecule has 0 saturated carbocycles. The highest BCUT2D eigenvalue weighted by Crippen LogP contribution is 2.35. The number of rotatable bonds is 3. The van der Waals surface area contributed by atoms with Crippen molar-refractivity contribution in [2.24, 2.45) is 0 Å². The maximum Gasteiger partial charge on any atom is 0.404 e. The highest BCUT2D eigenvalue weighted by molar-refractivity contribution is 5.65. The zero-order valence-corrected chi connectivity index (χ0v) is 11.2. The molecule has 1 saturated heterocycles. The standard InChI is InChI=1S/C13H14F3NO5/c14-7-2-1-6(9(15)10(7)16)11-8(17-12(19)20)3-13(21,4-18)5-22-11/h1-2,8,11,17-18,21H,3-5H2,(H,19,20)/t8-,11+,13?/m0/s1. The number of nitrogens with one attached hydrogen (secondary N) is 1. The Bertz CT molecular complexity index is 585. The summed E-state index contributed by atoms with van der Waals surface area (Å²) in [6.07, 6.45) is -3.01. The Morgan fingerprint density at radius 3 is 2.64 bits per heavy atom. The Labute approximate surface area is 123 Å². The minimum atomic E-state index is -1.71. The van der Waals surface area contributed by atoms with Crippen molar-refractivity contribution in [1.82, 2.24) is 5.32 Å². The molecule has 0 spiro atoms. The van der Waals surface area contributed by atoms with E-state index in [1.165, 1.54) is 0 Å². The van der Waals surface area contributed by atoms with Crippen LogP contribution in [0.2, 0.25) is 0 Å². The molecule has 1 amide bonds. The van der Waals surface area contributed by atoms with Gasteiger partial charge in [0.1, 0.15) is 11.7 Å². The molecular weight excluding hydrogens is 307 g/mol. The third kappa shape index (κ3) is 3.16. The number of ether oxygens (including phenoxy) is 1. The van der Waals surface area contributed by atoms with Crippen molar-refractivity contribution >= 4 is 6.09 Å². The number of aliphatic hydroxyl groups excluding tert-OH is 1. The lowest BCUT2D eigenvalue weighted by atomic mass is 9.87. The van der Waals surface area contributed by atoms with E-state index in [1.54, 1.807) is 0 Å². The van der Waals surface area contributed by atoms with Gasteiger partial charge in [0.2, 0.25) is 0 Å². The number of carboxylic acid groups (broad SMARTS) is 1. The van der Waals surface area contributed by atoms with Crippen LogP contribution in [0.4, 0.5) is 18.0 Å². The third-order valence-electron chi connectivity index (χ3n) is 3.47. The second-order valence-corrected chi connectivity index (χ2v) is 5.14. The quantitative estimate of drug-likeness (QED) is 0.621. The van der Waals surface area contributed by atoms with Gasteiger partial charge < -0.3 is 25.4 Å². The third-order valence-corrected chi connectivity index (χ3v) is 3.47. The predicted molar refractivity (Wildman–Crippen MR) is 66.6 cm³/mol. The second kappa shape index (κ2) is 6.11. The Morgan fingerprint density at radius 1 is 1.36 bits per heavy atom. The van der Waals surface area contributed by atoms with E-state index in [0.29, 0.717) is 6.07 Å². The molecule has 1 aliphatic heterocycles. The van der Waals surface area contributed by atoms with Gasteiger partial charge in [0, 0.05) is 12.0 Å². The van der Waals surface area contributed by atoms with E-state index in [9.17, 15) is 23.1 Å². The summed E-state index contributed by atoms with van der Waals surface area (Å²) >= 11 is 0. The lowest BCUT2D eigenvalue weighted by Crippen LogP contribution is -2.54. The van der Waals surface area contributed by atoms with Crippen molar-refractivity contribution < 1.29 is 38.0 Å². The van der Waals surface area contributed by atoms with Crippen molar-refractivity contribution in [2.45, 2.75) is 24.2 Å². The molecule has 9 heteroatoms. The summed E-state index contributed by atoms with van der Waals surface area (Å²) < 4.78 is 45.3. The van der Waals surface area contributed by atoms with Crippen LogP contribution in [0.25, 0.3) is 0 Å². The molecule has 4 N–H and O–H groups in total. The van der Waals surface area contributed by atoms with E-state index in [1.807, 2.05) is 5.32 Å². The fourth-order valence-corrected chi connectivity index (χ4v) is 2.40. The first-order chi connectivity index (χ1) is 10.3. The minimum absolute atomic E-state index is 0.279. The molecule has 22 heavy (non-hydrogen) atoms. The number of hydrogen-bond acceptors (Lipinski definition) is 4. The molecule has 0 radical (unpaired) electrons. The van der Waals surface area contributed by atoms with Crippen LogP contribution in [0.1, 0.15) is 18.1 Å². The van der Waals surface area contributed by atoms with E-state index < -0.39 is 54.5 Å². The largest absolute Gasteiger partial charge is 0.465 e. The van der Waals surface area contributed by atoms with Gasteiger partial charge in [-0.15, -0.1) is 0 Å². The van der Waals surface area contributed by atoms with Crippen LogP contribution < -0.4 is 5.32 Å². The zero-order chi connectivity index (χ0) is 16.5. The smallest absolute Gasteiger partial charge is 0.404 e. The van der Waals surface area contributed by atoms with Gasteiger partial charge in [-0.05, 0) is 6.07 Å². The van der Waals surface area contributed by atoms with Crippen LogP contribution in [0.5, 0.6) is 0 Å². The summed E-state index contributed by atoms with van der Waals surface area (Å²) in [7, 11) is 0. The second-order valence-electron chi connectivity index (χ2n) is 5.14. The Morgan fingerprint density at radius 2 is 2.05 bits per heavy atom. The number of amides is 1. The SMILES string of the molecule is O=C(O)N[C@H]1CC(O)(CO)CO[C@@H]1c1ccc(F)c(F)c1F. The molecule has 1 aromatic rings. The molecule has 6 nitrogen and oxygen atoms in total. The first-order valence-corrected chi connectivity index (χ1v) is 6.35. The highest BCUT2D eigenvalue weighted by Gasteiger charge is 2.42. The van der Waals surface area contributed by atoms with E-state index in [-0.39, 0.29) is 12.0 Å². The first-order valence-electron chi connectivity index (χ1n) is 6.35. The molecule has 122 valence electrons. The maximum absolute atomic E-state index is 13.9. The summed E-state index contributed by atoms with van der Waals surface area (Å²) in [6.45, 7) is -1.11. The van der Waals surface area contributed by atoms with Crippen LogP contribution >= 0.6 is 0 Å². The average molecular weight is 321 g/mol. The molecule has 1 aromatic carbocycles. The summed E-state index contributed by atoms with van der Waals surface area (Å²) in [5, 5.41) is 29.9. The van der Waals surface area contributed by atoms with Gasteiger partial charge in [-0.1, -0.05) is 6.07 Å². The van der Waals surface area contributed by atoms with Crippen LogP contribution in [0.3, 0.4) is 0 Å². The van der Waals surface area contributed by atoms with Crippen molar-refractivity contribution in [1.29, 1.82) is 0 Å².